The van der Waals surface area contributed by atoms with Crippen LogP contribution in [0.2, 0.25) is 0 Å². The van der Waals surface area contributed by atoms with Crippen LogP contribution >= 0.6 is 0 Å². The minimum Gasteiger partial charge on any atom is -0.378 e. The topological polar surface area (TPSA) is 108 Å². The van der Waals surface area contributed by atoms with Crippen molar-refractivity contribution in [3.63, 3.8) is 0 Å². The molecule has 1 saturated heterocycles. The van der Waals surface area contributed by atoms with E-state index >= 15 is 0 Å². The molecule has 1 aliphatic heterocycles. The fourth-order valence-corrected chi connectivity index (χ4v) is 5.05. The highest BCUT2D eigenvalue weighted by Gasteiger charge is 2.47. The van der Waals surface area contributed by atoms with E-state index < -0.39 is 47.1 Å². The summed E-state index contributed by atoms with van der Waals surface area (Å²) < 4.78 is 27.1. The third kappa shape index (κ3) is 6.31. The summed E-state index contributed by atoms with van der Waals surface area (Å²) in [5, 5.41) is 18.5. The number of nitrogens with one attached hydrogen (secondary N) is 3. The molecule has 4 N–H and O–H groups in total. The largest absolute Gasteiger partial charge is 0.378 e. The molecule has 4 rings (SSSR count). The van der Waals surface area contributed by atoms with Crippen LogP contribution in [0.15, 0.2) is 78.9 Å². The summed E-state index contributed by atoms with van der Waals surface area (Å²) in [6, 6.07) is 20.4. The van der Waals surface area contributed by atoms with E-state index in [0.29, 0.717) is 19.0 Å². The van der Waals surface area contributed by atoms with E-state index in [4.69, 9.17) is 0 Å². The number of hydrogen-bond acceptors (Lipinski definition) is 4. The molecule has 9 heteroatoms. The van der Waals surface area contributed by atoms with Gasteiger partial charge in [0.05, 0.1) is 0 Å². The van der Waals surface area contributed by atoms with Crippen molar-refractivity contribution >= 4 is 17.7 Å². The van der Waals surface area contributed by atoms with Gasteiger partial charge >= 0.3 is 0 Å². The summed E-state index contributed by atoms with van der Waals surface area (Å²) in [5.74, 6) is -4.33. The normalized spacial score (nSPS) is 22.6. The molecule has 3 aromatic rings. The molecule has 0 unspecified atom stereocenters. The van der Waals surface area contributed by atoms with Crippen LogP contribution in [0, 0.1) is 11.6 Å². The summed E-state index contributed by atoms with van der Waals surface area (Å²) in [6.45, 7) is 3.44. The Morgan fingerprint density at radius 1 is 0.949 bits per heavy atom. The lowest BCUT2D eigenvalue weighted by molar-refractivity contribution is -0.137. The van der Waals surface area contributed by atoms with Gasteiger partial charge in [-0.2, -0.15) is 0 Å². The number of aliphatic hydroxyl groups is 1. The van der Waals surface area contributed by atoms with Crippen LogP contribution in [0.5, 0.6) is 0 Å². The van der Waals surface area contributed by atoms with E-state index in [0.717, 1.165) is 23.3 Å². The minimum atomic E-state index is -1.90. The predicted molar refractivity (Wildman–Crippen MR) is 141 cm³/mol. The molecule has 0 aromatic heterocycles. The molecule has 3 aromatic carbocycles. The Balaban J connectivity index is 1.55. The summed E-state index contributed by atoms with van der Waals surface area (Å²) >= 11 is 0. The summed E-state index contributed by atoms with van der Waals surface area (Å²) in [7, 11) is 0. The van der Waals surface area contributed by atoms with Gasteiger partial charge in [-0.25, -0.2) is 8.78 Å². The first kappa shape index (κ1) is 27.9. The van der Waals surface area contributed by atoms with Gasteiger partial charge in [0.15, 0.2) is 6.10 Å². The average Bonchev–Trinajstić information content (AvgIpc) is 3.04. The SMILES string of the molecule is C[C@H](NC(=O)[C@@H](O)c1cc(F)cc(F)c1)C(=O)N[C@]1(C)C(=O)NC[C@@H](c2ccccc2)C[C@@H]1c1ccccc1. The summed E-state index contributed by atoms with van der Waals surface area (Å²) in [4.78, 5) is 39.4. The number of carbonyl (C=O) groups is 3. The highest BCUT2D eigenvalue weighted by molar-refractivity contribution is 5.95. The fourth-order valence-electron chi connectivity index (χ4n) is 5.05. The van der Waals surface area contributed by atoms with Crippen molar-refractivity contribution in [3.05, 3.63) is 107 Å². The van der Waals surface area contributed by atoms with Gasteiger partial charge in [0, 0.05) is 24.4 Å². The lowest BCUT2D eigenvalue weighted by Gasteiger charge is -2.37. The molecule has 1 heterocycles. The van der Waals surface area contributed by atoms with Gasteiger partial charge in [-0.15, -0.1) is 0 Å². The molecule has 204 valence electrons. The first-order valence-corrected chi connectivity index (χ1v) is 12.7. The van der Waals surface area contributed by atoms with Crippen molar-refractivity contribution in [1.29, 1.82) is 0 Å². The zero-order chi connectivity index (χ0) is 28.2. The third-order valence-corrected chi connectivity index (χ3v) is 7.25. The molecule has 7 nitrogen and oxygen atoms in total. The van der Waals surface area contributed by atoms with Crippen LogP contribution < -0.4 is 16.0 Å². The van der Waals surface area contributed by atoms with E-state index in [1.807, 2.05) is 60.7 Å². The number of benzene rings is 3. The Morgan fingerprint density at radius 3 is 2.10 bits per heavy atom. The van der Waals surface area contributed by atoms with E-state index in [2.05, 4.69) is 16.0 Å². The maximum atomic E-state index is 13.5. The Bertz CT molecular complexity index is 1320. The molecule has 3 amide bonds. The second-order valence-electron chi connectivity index (χ2n) is 10.0. The van der Waals surface area contributed by atoms with Gasteiger partial charge in [0.2, 0.25) is 11.8 Å². The van der Waals surface area contributed by atoms with Crippen molar-refractivity contribution in [1.82, 2.24) is 16.0 Å². The molecule has 39 heavy (non-hydrogen) atoms. The Morgan fingerprint density at radius 2 is 1.51 bits per heavy atom. The highest BCUT2D eigenvalue weighted by Crippen LogP contribution is 2.39. The maximum absolute atomic E-state index is 13.5. The van der Waals surface area contributed by atoms with Gasteiger partial charge in [-0.3, -0.25) is 14.4 Å². The van der Waals surface area contributed by atoms with Crippen molar-refractivity contribution < 1.29 is 28.3 Å². The maximum Gasteiger partial charge on any atom is 0.254 e. The quantitative estimate of drug-likeness (QED) is 0.372. The first-order valence-electron chi connectivity index (χ1n) is 12.7. The lowest BCUT2D eigenvalue weighted by Crippen LogP contribution is -2.62. The van der Waals surface area contributed by atoms with E-state index in [1.165, 1.54) is 6.92 Å². The van der Waals surface area contributed by atoms with Gasteiger partial charge in [-0.1, -0.05) is 60.7 Å². The second kappa shape index (κ2) is 11.7. The average molecular weight is 536 g/mol. The van der Waals surface area contributed by atoms with Gasteiger partial charge < -0.3 is 21.1 Å². The van der Waals surface area contributed by atoms with Crippen molar-refractivity contribution in [2.75, 3.05) is 6.54 Å². The van der Waals surface area contributed by atoms with Crippen LogP contribution in [0.1, 0.15) is 54.9 Å². The number of carbonyl (C=O) groups excluding carboxylic acids is 3. The molecule has 5 atom stereocenters. The van der Waals surface area contributed by atoms with Crippen LogP contribution in [-0.4, -0.2) is 41.0 Å². The second-order valence-corrected chi connectivity index (χ2v) is 10.0. The zero-order valence-electron chi connectivity index (χ0n) is 21.7. The van der Waals surface area contributed by atoms with Gasteiger partial charge in [0.25, 0.3) is 5.91 Å². The van der Waals surface area contributed by atoms with E-state index in [1.54, 1.807) is 6.92 Å². The smallest absolute Gasteiger partial charge is 0.254 e. The monoisotopic (exact) mass is 535 g/mol. The van der Waals surface area contributed by atoms with Crippen molar-refractivity contribution in [3.8, 4) is 0 Å². The van der Waals surface area contributed by atoms with Crippen molar-refractivity contribution in [2.45, 2.75) is 49.8 Å². The van der Waals surface area contributed by atoms with Crippen LogP contribution in [0.4, 0.5) is 8.78 Å². The van der Waals surface area contributed by atoms with E-state index in [-0.39, 0.29) is 17.4 Å². The molecular formula is C30H31F2N3O4. The predicted octanol–water partition coefficient (Wildman–Crippen LogP) is 3.47. The number of amides is 3. The molecule has 0 radical (unpaired) electrons. The van der Waals surface area contributed by atoms with Gasteiger partial charge in [-0.05, 0) is 49.1 Å². The molecule has 0 bridgehead atoms. The Labute approximate surface area is 225 Å². The first-order chi connectivity index (χ1) is 18.6. The van der Waals surface area contributed by atoms with E-state index in [9.17, 15) is 28.3 Å². The molecule has 0 spiro atoms. The molecule has 0 aliphatic carbocycles. The lowest BCUT2D eigenvalue weighted by atomic mass is 9.74. The molecule has 0 saturated carbocycles. The van der Waals surface area contributed by atoms with Crippen LogP contribution in [-0.2, 0) is 14.4 Å². The third-order valence-electron chi connectivity index (χ3n) is 7.25. The van der Waals surface area contributed by atoms with Crippen LogP contribution in [0.3, 0.4) is 0 Å². The highest BCUT2D eigenvalue weighted by atomic mass is 19.1. The summed E-state index contributed by atoms with van der Waals surface area (Å²) in [5.41, 5.74) is 0.283. The number of rotatable bonds is 7. The Kier molecular flexibility index (Phi) is 8.40. The number of hydrogen-bond donors (Lipinski definition) is 4. The molecular weight excluding hydrogens is 504 g/mol. The van der Waals surface area contributed by atoms with Crippen LogP contribution in [0.25, 0.3) is 0 Å². The Hall–Kier alpha value is -4.11. The molecule has 1 fully saturated rings. The zero-order valence-corrected chi connectivity index (χ0v) is 21.7. The number of halogens is 2. The van der Waals surface area contributed by atoms with Gasteiger partial charge in [0.1, 0.15) is 23.2 Å². The number of aliphatic hydroxyl groups excluding tert-OH is 1. The minimum absolute atomic E-state index is 0.00183. The standard InChI is InChI=1S/C30H31F2N3O4/c1-18(34-28(38)26(36)21-13-23(31)16-24(32)14-21)27(37)35-30(2)25(20-11-7-4-8-12-20)15-22(17-33-29(30)39)19-9-5-3-6-10-19/h3-14,16,18,22,25-26,36H,15,17H2,1-2H3,(H,33,39)(H,34,38)(H,35,37)/t18-,22-,25+,26-,30-/m0/s1. The van der Waals surface area contributed by atoms with Crippen molar-refractivity contribution in [2.24, 2.45) is 0 Å². The summed E-state index contributed by atoms with van der Waals surface area (Å²) in [6.07, 6.45) is -1.33. The fraction of sp³-hybridized carbons (Fsp3) is 0.300. The molecule has 1 aliphatic rings.